The van der Waals surface area contributed by atoms with Gasteiger partial charge in [-0.05, 0) is 48.9 Å². The second-order valence-electron chi connectivity index (χ2n) is 8.27. The molecule has 1 amide bonds. The number of benzene rings is 3. The van der Waals surface area contributed by atoms with Gasteiger partial charge in [0.15, 0.2) is 0 Å². The van der Waals surface area contributed by atoms with Gasteiger partial charge in [-0.3, -0.25) is 9.59 Å². The lowest BCUT2D eigenvalue weighted by molar-refractivity contribution is -0.137. The van der Waals surface area contributed by atoms with Crippen molar-refractivity contribution >= 4 is 40.3 Å². The minimum absolute atomic E-state index is 0.00976. The van der Waals surface area contributed by atoms with Crippen LogP contribution in [0.5, 0.6) is 0 Å². The molecule has 7 nitrogen and oxygen atoms in total. The van der Waals surface area contributed by atoms with Crippen molar-refractivity contribution in [2.24, 2.45) is 0 Å². The third kappa shape index (κ3) is 4.94. The number of aromatic carboxylic acids is 1. The number of aryl methyl sites for hydroxylation is 1. The van der Waals surface area contributed by atoms with Gasteiger partial charge in [0, 0.05) is 10.9 Å². The molecule has 0 aliphatic rings. The molecule has 0 saturated heterocycles. The highest BCUT2D eigenvalue weighted by Gasteiger charge is 2.37. The van der Waals surface area contributed by atoms with Crippen molar-refractivity contribution in [1.82, 2.24) is 15.1 Å². The summed E-state index contributed by atoms with van der Waals surface area (Å²) in [4.78, 5) is 38.0. The fourth-order valence-corrected chi connectivity index (χ4v) is 4.26. The van der Waals surface area contributed by atoms with Gasteiger partial charge in [0.05, 0.1) is 39.3 Å². The fourth-order valence-electron chi connectivity index (χ4n) is 4.00. The standard InChI is InChI=1S/C27H16ClF4N3O4/c1-3-11-33-24(36)14-8-10-15-19(12-14)35(25(37)21-17(27(30,31)32)5-4-6-18(21)28)34-23(15)20-16(26(38)39)9-7-13(2)22(20)29/h1,4-10,12H,11H2,2H3,(H,33,36)(H,38,39). The van der Waals surface area contributed by atoms with E-state index in [0.29, 0.717) is 10.7 Å². The summed E-state index contributed by atoms with van der Waals surface area (Å²) in [5.74, 6) is -2.26. The van der Waals surface area contributed by atoms with Crippen LogP contribution in [-0.4, -0.2) is 39.2 Å². The Labute approximate surface area is 223 Å². The predicted molar refractivity (Wildman–Crippen MR) is 134 cm³/mol. The Morgan fingerprint density at radius 1 is 1.15 bits per heavy atom. The number of carbonyl (C=O) groups is 3. The number of terminal acetylenes is 1. The van der Waals surface area contributed by atoms with Crippen molar-refractivity contribution in [3.05, 3.63) is 87.2 Å². The number of rotatable bonds is 5. The summed E-state index contributed by atoms with van der Waals surface area (Å²) in [6.07, 6.45) is 0.187. The van der Waals surface area contributed by atoms with Crippen LogP contribution in [-0.2, 0) is 6.18 Å². The van der Waals surface area contributed by atoms with Crippen molar-refractivity contribution in [2.75, 3.05) is 6.54 Å². The Morgan fingerprint density at radius 3 is 2.51 bits per heavy atom. The molecular weight excluding hydrogens is 542 g/mol. The van der Waals surface area contributed by atoms with Gasteiger partial charge in [0.2, 0.25) is 0 Å². The molecule has 4 aromatic rings. The summed E-state index contributed by atoms with van der Waals surface area (Å²) < 4.78 is 57.3. The highest BCUT2D eigenvalue weighted by molar-refractivity contribution is 6.34. The number of nitrogens with zero attached hydrogens (tertiary/aromatic N) is 2. The average Bonchev–Trinajstić information content (AvgIpc) is 3.26. The SMILES string of the molecule is C#CCNC(=O)c1ccc2c(-c3c(C(=O)O)ccc(C)c3F)nn(C(=O)c3c(Cl)cccc3C(F)(F)F)c2c1. The number of alkyl halides is 3. The van der Waals surface area contributed by atoms with Crippen LogP contribution in [0.3, 0.4) is 0 Å². The molecule has 0 aliphatic heterocycles. The molecule has 0 fully saturated rings. The summed E-state index contributed by atoms with van der Waals surface area (Å²) in [5.41, 5.74) is -3.80. The normalized spacial score (nSPS) is 11.3. The van der Waals surface area contributed by atoms with Crippen LogP contribution in [0, 0.1) is 25.1 Å². The third-order valence-corrected chi connectivity index (χ3v) is 6.14. The van der Waals surface area contributed by atoms with Gasteiger partial charge in [-0.1, -0.05) is 29.7 Å². The van der Waals surface area contributed by atoms with Crippen molar-refractivity contribution in [3.63, 3.8) is 0 Å². The first-order chi connectivity index (χ1) is 18.4. The molecule has 0 atom stereocenters. The molecular formula is C27H16ClF4N3O4. The van der Waals surface area contributed by atoms with Crippen LogP contribution in [0.15, 0.2) is 48.5 Å². The van der Waals surface area contributed by atoms with Crippen molar-refractivity contribution in [2.45, 2.75) is 13.1 Å². The Balaban J connectivity index is 2.08. The van der Waals surface area contributed by atoms with Gasteiger partial charge < -0.3 is 10.4 Å². The van der Waals surface area contributed by atoms with Gasteiger partial charge in [-0.25, -0.2) is 9.18 Å². The average molecular weight is 558 g/mol. The number of hydrogen-bond donors (Lipinski definition) is 2. The molecule has 2 N–H and O–H groups in total. The van der Waals surface area contributed by atoms with Crippen LogP contribution in [0.4, 0.5) is 17.6 Å². The van der Waals surface area contributed by atoms with E-state index in [-0.39, 0.29) is 34.3 Å². The van der Waals surface area contributed by atoms with Crippen LogP contribution in [0.1, 0.15) is 42.2 Å². The van der Waals surface area contributed by atoms with E-state index in [1.165, 1.54) is 25.1 Å². The van der Waals surface area contributed by atoms with E-state index in [1.54, 1.807) is 0 Å². The summed E-state index contributed by atoms with van der Waals surface area (Å²) in [5, 5.41) is 15.6. The largest absolute Gasteiger partial charge is 0.478 e. The van der Waals surface area contributed by atoms with Crippen molar-refractivity contribution in [3.8, 4) is 23.6 Å². The third-order valence-electron chi connectivity index (χ3n) is 5.82. The first-order valence-corrected chi connectivity index (χ1v) is 11.4. The molecule has 1 aromatic heterocycles. The molecule has 4 rings (SSSR count). The molecule has 0 unspecified atom stereocenters. The summed E-state index contributed by atoms with van der Waals surface area (Å²) in [7, 11) is 0. The predicted octanol–water partition coefficient (Wildman–Crippen LogP) is 5.57. The monoisotopic (exact) mass is 557 g/mol. The van der Waals surface area contributed by atoms with E-state index in [1.807, 2.05) is 0 Å². The molecule has 0 radical (unpaired) electrons. The Hall–Kier alpha value is -4.69. The molecule has 12 heteroatoms. The van der Waals surface area contributed by atoms with Crippen molar-refractivity contribution < 1.29 is 37.1 Å². The number of halogens is 5. The minimum atomic E-state index is -4.97. The maximum absolute atomic E-state index is 15.4. The van der Waals surface area contributed by atoms with E-state index in [2.05, 4.69) is 16.3 Å². The molecule has 0 aliphatic carbocycles. The number of fused-ring (bicyclic) bond motifs is 1. The lowest BCUT2D eigenvalue weighted by Gasteiger charge is -2.13. The molecule has 1 heterocycles. The molecule has 39 heavy (non-hydrogen) atoms. The van der Waals surface area contributed by atoms with Crippen LogP contribution < -0.4 is 5.32 Å². The summed E-state index contributed by atoms with van der Waals surface area (Å²) >= 11 is 6.02. The highest BCUT2D eigenvalue weighted by atomic mass is 35.5. The lowest BCUT2D eigenvalue weighted by atomic mass is 9.98. The molecule has 0 spiro atoms. The Morgan fingerprint density at radius 2 is 1.87 bits per heavy atom. The second kappa shape index (κ2) is 10.2. The second-order valence-corrected chi connectivity index (χ2v) is 8.68. The van der Waals surface area contributed by atoms with Gasteiger partial charge in [0.25, 0.3) is 11.8 Å². The Kier molecular flexibility index (Phi) is 7.17. The number of hydrogen-bond acceptors (Lipinski definition) is 4. The Bertz CT molecular complexity index is 1720. The lowest BCUT2D eigenvalue weighted by Crippen LogP contribution is -2.23. The van der Waals surface area contributed by atoms with E-state index in [4.69, 9.17) is 18.0 Å². The first kappa shape index (κ1) is 27.3. The topological polar surface area (TPSA) is 101 Å². The van der Waals surface area contributed by atoms with E-state index >= 15 is 4.39 Å². The number of nitrogens with one attached hydrogen (secondary N) is 1. The molecule has 0 saturated carbocycles. The molecule has 3 aromatic carbocycles. The number of carbonyl (C=O) groups excluding carboxylic acids is 2. The number of carboxylic acid groups (broad SMARTS) is 1. The molecule has 0 bridgehead atoms. The zero-order chi connectivity index (χ0) is 28.6. The fraction of sp³-hybridized carbons (Fsp3) is 0.111. The van der Waals surface area contributed by atoms with Gasteiger partial charge in [-0.15, -0.1) is 6.42 Å². The summed E-state index contributed by atoms with van der Waals surface area (Å²) in [6.45, 7) is 1.24. The van der Waals surface area contributed by atoms with Gasteiger partial charge >= 0.3 is 12.1 Å². The van der Waals surface area contributed by atoms with Crippen LogP contribution >= 0.6 is 11.6 Å². The maximum Gasteiger partial charge on any atom is 0.417 e. The van der Waals surface area contributed by atoms with E-state index < -0.39 is 57.1 Å². The number of amides is 1. The zero-order valence-electron chi connectivity index (χ0n) is 19.9. The van der Waals surface area contributed by atoms with E-state index in [9.17, 15) is 32.7 Å². The van der Waals surface area contributed by atoms with Crippen molar-refractivity contribution in [1.29, 1.82) is 0 Å². The zero-order valence-corrected chi connectivity index (χ0v) is 20.6. The van der Waals surface area contributed by atoms with Gasteiger partial charge in [-0.2, -0.15) is 23.0 Å². The van der Waals surface area contributed by atoms with Crippen LogP contribution in [0.2, 0.25) is 5.02 Å². The summed E-state index contributed by atoms with van der Waals surface area (Å²) in [6, 6.07) is 8.85. The number of aromatic nitrogens is 2. The van der Waals surface area contributed by atoms with Crippen LogP contribution in [0.25, 0.3) is 22.2 Å². The smallest absolute Gasteiger partial charge is 0.417 e. The first-order valence-electron chi connectivity index (χ1n) is 11.0. The highest BCUT2D eigenvalue weighted by Crippen LogP contribution is 2.38. The molecule has 198 valence electrons. The minimum Gasteiger partial charge on any atom is -0.478 e. The number of carboxylic acids is 1. The maximum atomic E-state index is 15.4. The van der Waals surface area contributed by atoms with E-state index in [0.717, 1.165) is 24.3 Å². The van der Waals surface area contributed by atoms with Gasteiger partial charge in [0.1, 0.15) is 11.5 Å². The quantitative estimate of drug-likeness (QED) is 0.247.